The fourth-order valence-corrected chi connectivity index (χ4v) is 4.48. The number of anilines is 3. The van der Waals surface area contributed by atoms with Crippen LogP contribution in [0.2, 0.25) is 0 Å². The van der Waals surface area contributed by atoms with Crippen molar-refractivity contribution < 1.29 is 14.4 Å². The van der Waals surface area contributed by atoms with Gasteiger partial charge in [-0.1, -0.05) is 6.07 Å². The molecule has 2 fully saturated rings. The second-order valence-electron chi connectivity index (χ2n) is 8.92. The summed E-state index contributed by atoms with van der Waals surface area (Å²) in [6.45, 7) is 4.64. The molecule has 2 saturated heterocycles. The van der Waals surface area contributed by atoms with Crippen molar-refractivity contribution in [2.24, 2.45) is 0 Å². The van der Waals surface area contributed by atoms with E-state index in [4.69, 9.17) is 0 Å². The van der Waals surface area contributed by atoms with Gasteiger partial charge in [-0.2, -0.15) is 0 Å². The fourth-order valence-electron chi connectivity index (χ4n) is 4.48. The summed E-state index contributed by atoms with van der Waals surface area (Å²) >= 11 is 0. The number of amides is 3. The summed E-state index contributed by atoms with van der Waals surface area (Å²) < 4.78 is 0. The first-order valence-electron chi connectivity index (χ1n) is 11.9. The minimum Gasteiger partial charge on any atom is -0.371 e. The Morgan fingerprint density at radius 2 is 1.67 bits per heavy atom. The summed E-state index contributed by atoms with van der Waals surface area (Å²) in [5, 5.41) is 5.83. The van der Waals surface area contributed by atoms with Gasteiger partial charge < -0.3 is 20.4 Å². The van der Waals surface area contributed by atoms with Crippen molar-refractivity contribution in [3.8, 4) is 0 Å². The van der Waals surface area contributed by atoms with Crippen LogP contribution in [0.1, 0.15) is 55.8 Å². The van der Waals surface area contributed by atoms with E-state index in [1.165, 1.54) is 12.8 Å². The molecule has 1 unspecified atom stereocenters. The van der Waals surface area contributed by atoms with E-state index >= 15 is 0 Å². The number of carbonyl (C=O) groups is 3. The molecular weight excluding hydrogens is 416 g/mol. The van der Waals surface area contributed by atoms with E-state index in [0.717, 1.165) is 49.5 Å². The Morgan fingerprint density at radius 3 is 2.39 bits per heavy atom. The van der Waals surface area contributed by atoms with Gasteiger partial charge in [-0.15, -0.1) is 0 Å². The molecule has 0 spiro atoms. The molecule has 2 aliphatic rings. The third kappa shape index (κ3) is 5.92. The maximum atomic E-state index is 12.6. The van der Waals surface area contributed by atoms with E-state index in [0.29, 0.717) is 12.0 Å². The molecule has 0 aromatic heterocycles. The second kappa shape index (κ2) is 10.5. The molecular formula is C26H32N4O3. The first kappa shape index (κ1) is 22.8. The van der Waals surface area contributed by atoms with E-state index in [1.54, 1.807) is 17.0 Å². The standard InChI is InChI=1S/C26H32N4O3/c1-19(17-24(31)28-21-7-6-8-23(18-21)29-14-4-5-15-29)27-26(33)20-10-12-22(13-11-20)30-16-3-2-9-25(30)32/h6-8,10-13,18-19H,2-5,9,14-17H2,1H3,(H,27,33)(H,28,31). The van der Waals surface area contributed by atoms with Crippen LogP contribution in [0, 0.1) is 0 Å². The lowest BCUT2D eigenvalue weighted by atomic mass is 10.1. The van der Waals surface area contributed by atoms with Crippen LogP contribution in [0.4, 0.5) is 17.1 Å². The lowest BCUT2D eigenvalue weighted by Crippen LogP contribution is -2.36. The smallest absolute Gasteiger partial charge is 0.251 e. The SMILES string of the molecule is CC(CC(=O)Nc1cccc(N2CCCC2)c1)NC(=O)c1ccc(N2CCCCC2=O)cc1. The first-order valence-corrected chi connectivity index (χ1v) is 11.9. The second-order valence-corrected chi connectivity index (χ2v) is 8.92. The van der Waals surface area contributed by atoms with Crippen molar-refractivity contribution in [3.63, 3.8) is 0 Å². The van der Waals surface area contributed by atoms with Gasteiger partial charge in [0.25, 0.3) is 5.91 Å². The van der Waals surface area contributed by atoms with Gasteiger partial charge in [0.2, 0.25) is 11.8 Å². The highest BCUT2D eigenvalue weighted by atomic mass is 16.2. The normalized spacial score (nSPS) is 17.1. The molecule has 1 atom stereocenters. The molecule has 4 rings (SSSR count). The maximum absolute atomic E-state index is 12.6. The molecule has 7 nitrogen and oxygen atoms in total. The van der Waals surface area contributed by atoms with Gasteiger partial charge in [0, 0.05) is 61.1 Å². The number of nitrogens with one attached hydrogen (secondary N) is 2. The Morgan fingerprint density at radius 1 is 0.939 bits per heavy atom. The number of piperidine rings is 1. The van der Waals surface area contributed by atoms with Crippen molar-refractivity contribution in [3.05, 3.63) is 54.1 Å². The zero-order valence-corrected chi connectivity index (χ0v) is 19.2. The van der Waals surface area contributed by atoms with Crippen molar-refractivity contribution in [2.45, 2.75) is 51.5 Å². The van der Waals surface area contributed by atoms with E-state index in [9.17, 15) is 14.4 Å². The number of carbonyl (C=O) groups excluding carboxylic acids is 3. The molecule has 2 aromatic rings. The van der Waals surface area contributed by atoms with Gasteiger partial charge in [-0.05, 0) is 75.1 Å². The summed E-state index contributed by atoms with van der Waals surface area (Å²) in [5.74, 6) is -0.243. The Hall–Kier alpha value is -3.35. The summed E-state index contributed by atoms with van der Waals surface area (Å²) in [4.78, 5) is 41.3. The van der Waals surface area contributed by atoms with Crippen LogP contribution < -0.4 is 20.4 Å². The summed E-state index contributed by atoms with van der Waals surface area (Å²) in [7, 11) is 0. The summed E-state index contributed by atoms with van der Waals surface area (Å²) in [5.41, 5.74) is 3.22. The molecule has 2 aromatic carbocycles. The Balaban J connectivity index is 1.28. The monoisotopic (exact) mass is 448 g/mol. The van der Waals surface area contributed by atoms with Gasteiger partial charge >= 0.3 is 0 Å². The lowest BCUT2D eigenvalue weighted by molar-refractivity contribution is -0.119. The predicted molar refractivity (Wildman–Crippen MR) is 131 cm³/mol. The van der Waals surface area contributed by atoms with Gasteiger partial charge in [0.05, 0.1) is 0 Å². The van der Waals surface area contributed by atoms with Crippen LogP contribution in [0.25, 0.3) is 0 Å². The topological polar surface area (TPSA) is 81.8 Å². The molecule has 0 aliphatic carbocycles. The van der Waals surface area contributed by atoms with Crippen molar-refractivity contribution in [1.29, 1.82) is 0 Å². The quantitative estimate of drug-likeness (QED) is 0.672. The first-order chi connectivity index (χ1) is 16.0. The average Bonchev–Trinajstić information content (AvgIpc) is 3.35. The third-order valence-electron chi connectivity index (χ3n) is 6.23. The maximum Gasteiger partial charge on any atom is 0.251 e. The molecule has 33 heavy (non-hydrogen) atoms. The van der Waals surface area contributed by atoms with Crippen LogP contribution >= 0.6 is 0 Å². The number of rotatable bonds is 7. The average molecular weight is 449 g/mol. The molecule has 3 amide bonds. The third-order valence-corrected chi connectivity index (χ3v) is 6.23. The molecule has 0 bridgehead atoms. The Labute approximate surface area is 195 Å². The highest BCUT2D eigenvalue weighted by Crippen LogP contribution is 2.24. The van der Waals surface area contributed by atoms with E-state index in [-0.39, 0.29) is 30.2 Å². The molecule has 2 aliphatic heterocycles. The molecule has 0 radical (unpaired) electrons. The minimum absolute atomic E-state index is 0.129. The molecule has 7 heteroatoms. The van der Waals surface area contributed by atoms with Crippen LogP contribution in [-0.4, -0.2) is 43.4 Å². The Kier molecular flexibility index (Phi) is 7.27. The molecule has 0 saturated carbocycles. The van der Waals surface area contributed by atoms with Crippen LogP contribution in [0.15, 0.2) is 48.5 Å². The highest BCUT2D eigenvalue weighted by Gasteiger charge is 2.20. The van der Waals surface area contributed by atoms with Gasteiger partial charge in [-0.3, -0.25) is 14.4 Å². The summed E-state index contributed by atoms with van der Waals surface area (Å²) in [6, 6.07) is 14.7. The molecule has 174 valence electrons. The van der Waals surface area contributed by atoms with Crippen molar-refractivity contribution >= 4 is 34.8 Å². The molecule has 2 N–H and O–H groups in total. The predicted octanol–water partition coefficient (Wildman–Crippen LogP) is 3.95. The van der Waals surface area contributed by atoms with Gasteiger partial charge in [-0.25, -0.2) is 0 Å². The number of nitrogens with zero attached hydrogens (tertiary/aromatic N) is 2. The van der Waals surface area contributed by atoms with E-state index < -0.39 is 0 Å². The minimum atomic E-state index is -0.317. The molecule has 2 heterocycles. The van der Waals surface area contributed by atoms with E-state index in [1.807, 2.05) is 37.3 Å². The largest absolute Gasteiger partial charge is 0.371 e. The van der Waals surface area contributed by atoms with Crippen LogP contribution in [-0.2, 0) is 9.59 Å². The van der Waals surface area contributed by atoms with Crippen LogP contribution in [0.3, 0.4) is 0 Å². The van der Waals surface area contributed by atoms with Crippen LogP contribution in [0.5, 0.6) is 0 Å². The fraction of sp³-hybridized carbons (Fsp3) is 0.423. The number of benzene rings is 2. The van der Waals surface area contributed by atoms with Crippen molar-refractivity contribution in [1.82, 2.24) is 5.32 Å². The Bertz CT molecular complexity index is 999. The number of hydrogen-bond acceptors (Lipinski definition) is 4. The van der Waals surface area contributed by atoms with Gasteiger partial charge in [0.15, 0.2) is 0 Å². The zero-order chi connectivity index (χ0) is 23.2. The summed E-state index contributed by atoms with van der Waals surface area (Å²) in [6.07, 6.45) is 5.09. The lowest BCUT2D eigenvalue weighted by Gasteiger charge is -2.26. The van der Waals surface area contributed by atoms with Gasteiger partial charge in [0.1, 0.15) is 0 Å². The highest BCUT2D eigenvalue weighted by molar-refractivity contribution is 5.97. The van der Waals surface area contributed by atoms with Crippen molar-refractivity contribution in [2.75, 3.05) is 34.8 Å². The number of hydrogen-bond donors (Lipinski definition) is 2. The zero-order valence-electron chi connectivity index (χ0n) is 19.2. The van der Waals surface area contributed by atoms with E-state index in [2.05, 4.69) is 21.6 Å².